The summed E-state index contributed by atoms with van der Waals surface area (Å²) in [6, 6.07) is 6.86. The zero-order chi connectivity index (χ0) is 20.3. The number of benzene rings is 1. The van der Waals surface area contributed by atoms with E-state index in [-0.39, 0.29) is 12.5 Å². The van der Waals surface area contributed by atoms with Crippen molar-refractivity contribution in [2.45, 2.75) is 68.7 Å². The number of amides is 1. The zero-order valence-corrected chi connectivity index (χ0v) is 17.9. The summed E-state index contributed by atoms with van der Waals surface area (Å²) in [5, 5.41) is 0. The van der Waals surface area contributed by atoms with Crippen molar-refractivity contribution in [2.24, 2.45) is 5.92 Å². The van der Waals surface area contributed by atoms with Crippen LogP contribution >= 0.6 is 0 Å². The van der Waals surface area contributed by atoms with Crippen molar-refractivity contribution in [1.29, 1.82) is 0 Å². The average Bonchev–Trinajstić information content (AvgIpc) is 2.78. The van der Waals surface area contributed by atoms with Gasteiger partial charge < -0.3 is 9.64 Å². The average molecular weight is 421 g/mol. The van der Waals surface area contributed by atoms with Crippen LogP contribution in [0.2, 0.25) is 0 Å². The maximum Gasteiger partial charge on any atom is 0.260 e. The highest BCUT2D eigenvalue weighted by molar-refractivity contribution is 7.89. The Kier molecular flexibility index (Phi) is 6.44. The molecule has 1 amide bonds. The van der Waals surface area contributed by atoms with Gasteiger partial charge in [-0.1, -0.05) is 19.3 Å². The molecule has 0 bridgehead atoms. The van der Waals surface area contributed by atoms with Gasteiger partial charge in [0.15, 0.2) is 6.61 Å². The van der Waals surface area contributed by atoms with Gasteiger partial charge in [-0.15, -0.1) is 0 Å². The number of rotatable bonds is 5. The highest BCUT2D eigenvalue weighted by Crippen LogP contribution is 2.35. The molecule has 6 nitrogen and oxygen atoms in total. The Morgan fingerprint density at radius 3 is 2.34 bits per heavy atom. The highest BCUT2D eigenvalue weighted by Gasteiger charge is 2.35. The van der Waals surface area contributed by atoms with Crippen LogP contribution in [-0.2, 0) is 14.8 Å². The first kappa shape index (κ1) is 20.7. The minimum absolute atomic E-state index is 0.0153. The molecule has 1 aromatic rings. The van der Waals surface area contributed by atoms with E-state index >= 15 is 0 Å². The largest absolute Gasteiger partial charge is 0.484 e. The number of nitrogens with zero attached hydrogens (tertiary/aromatic N) is 2. The summed E-state index contributed by atoms with van der Waals surface area (Å²) < 4.78 is 32.7. The lowest BCUT2D eigenvalue weighted by Gasteiger charge is -2.44. The summed E-state index contributed by atoms with van der Waals surface area (Å²) in [5.74, 6) is 1.24. The van der Waals surface area contributed by atoms with Crippen LogP contribution in [0.15, 0.2) is 29.2 Å². The standard InChI is InChI=1S/C22H32N2O4S/c25-22(24-16-6-8-18-7-2-3-9-21(18)24)17-28-19-10-12-20(13-11-19)29(26,27)23-14-4-1-5-15-23/h10-13,18,21H,1-9,14-17H2/t18-,21-/m1/s1. The molecule has 2 aliphatic heterocycles. The number of hydrogen-bond donors (Lipinski definition) is 0. The van der Waals surface area contributed by atoms with Gasteiger partial charge in [0, 0.05) is 25.7 Å². The summed E-state index contributed by atoms with van der Waals surface area (Å²) in [5.41, 5.74) is 0. The minimum Gasteiger partial charge on any atom is -0.484 e. The second-order valence-electron chi connectivity index (χ2n) is 8.57. The third-order valence-electron chi connectivity index (χ3n) is 6.70. The van der Waals surface area contributed by atoms with Crippen molar-refractivity contribution < 1.29 is 17.9 Å². The van der Waals surface area contributed by atoms with E-state index in [1.54, 1.807) is 28.6 Å². The third kappa shape index (κ3) is 4.61. The summed E-state index contributed by atoms with van der Waals surface area (Å²) in [6.07, 6.45) is 10.1. The number of sulfonamides is 1. The monoisotopic (exact) mass is 420 g/mol. The first-order valence-corrected chi connectivity index (χ1v) is 12.5. The normalized spacial score (nSPS) is 26.0. The van der Waals surface area contributed by atoms with Gasteiger partial charge >= 0.3 is 0 Å². The molecule has 1 saturated carbocycles. The lowest BCUT2D eigenvalue weighted by Crippen LogP contribution is -2.51. The van der Waals surface area contributed by atoms with Gasteiger partial charge in [-0.3, -0.25) is 4.79 Å². The fourth-order valence-electron chi connectivity index (χ4n) is 5.12. The molecule has 0 radical (unpaired) electrons. The lowest BCUT2D eigenvalue weighted by atomic mass is 9.78. The molecule has 2 saturated heterocycles. The van der Waals surface area contributed by atoms with Crippen molar-refractivity contribution >= 4 is 15.9 Å². The summed E-state index contributed by atoms with van der Waals surface area (Å²) in [7, 11) is -3.44. The Hall–Kier alpha value is -1.60. The fraction of sp³-hybridized carbons (Fsp3) is 0.682. The van der Waals surface area contributed by atoms with Crippen molar-refractivity contribution in [3.8, 4) is 5.75 Å². The molecule has 0 aromatic heterocycles. The molecular formula is C22H32N2O4S. The van der Waals surface area contributed by atoms with Crippen LogP contribution in [0.3, 0.4) is 0 Å². The molecule has 2 heterocycles. The van der Waals surface area contributed by atoms with Crippen molar-refractivity contribution in [1.82, 2.24) is 9.21 Å². The van der Waals surface area contributed by atoms with E-state index in [0.717, 1.165) is 38.6 Å². The van der Waals surface area contributed by atoms with Gasteiger partial charge in [-0.05, 0) is 68.7 Å². The molecule has 160 valence electrons. The molecule has 1 aliphatic carbocycles. The second-order valence-corrected chi connectivity index (χ2v) is 10.5. The van der Waals surface area contributed by atoms with Crippen LogP contribution in [0.5, 0.6) is 5.75 Å². The predicted octanol–water partition coefficient (Wildman–Crippen LogP) is 3.42. The first-order chi connectivity index (χ1) is 14.1. The Balaban J connectivity index is 1.34. The van der Waals surface area contributed by atoms with Gasteiger partial charge in [-0.25, -0.2) is 8.42 Å². The van der Waals surface area contributed by atoms with Crippen LogP contribution in [-0.4, -0.2) is 55.8 Å². The van der Waals surface area contributed by atoms with Gasteiger partial charge in [0.1, 0.15) is 5.75 Å². The highest BCUT2D eigenvalue weighted by atomic mass is 32.2. The summed E-state index contributed by atoms with van der Waals surface area (Å²) in [6.45, 7) is 2.03. The van der Waals surface area contributed by atoms with Crippen molar-refractivity contribution in [2.75, 3.05) is 26.2 Å². The van der Waals surface area contributed by atoms with E-state index in [9.17, 15) is 13.2 Å². The Morgan fingerprint density at radius 2 is 1.59 bits per heavy atom. The topological polar surface area (TPSA) is 66.9 Å². The van der Waals surface area contributed by atoms with Gasteiger partial charge in [-0.2, -0.15) is 4.31 Å². The van der Waals surface area contributed by atoms with E-state index in [2.05, 4.69) is 0 Å². The lowest BCUT2D eigenvalue weighted by molar-refractivity contribution is -0.139. The maximum absolute atomic E-state index is 12.8. The molecular weight excluding hydrogens is 388 g/mol. The summed E-state index contributed by atoms with van der Waals surface area (Å²) in [4.78, 5) is 15.1. The quantitative estimate of drug-likeness (QED) is 0.732. The molecule has 4 rings (SSSR count). The number of ether oxygens (including phenoxy) is 1. The van der Waals surface area contributed by atoms with Crippen LogP contribution in [0, 0.1) is 5.92 Å². The third-order valence-corrected chi connectivity index (χ3v) is 8.62. The smallest absolute Gasteiger partial charge is 0.260 e. The van der Waals surface area contributed by atoms with E-state index in [0.29, 0.717) is 35.7 Å². The molecule has 0 N–H and O–H groups in total. The summed E-state index contributed by atoms with van der Waals surface area (Å²) >= 11 is 0. The Bertz CT molecular complexity index is 801. The molecule has 29 heavy (non-hydrogen) atoms. The SMILES string of the molecule is O=C(COc1ccc(S(=O)(=O)N2CCCCC2)cc1)N1CCC[C@H]2CCCC[C@H]21. The predicted molar refractivity (Wildman–Crippen MR) is 111 cm³/mol. The molecule has 0 unspecified atom stereocenters. The van der Waals surface area contributed by atoms with Crippen molar-refractivity contribution in [3.63, 3.8) is 0 Å². The zero-order valence-electron chi connectivity index (χ0n) is 17.1. The van der Waals surface area contributed by atoms with Gasteiger partial charge in [0.2, 0.25) is 10.0 Å². The maximum atomic E-state index is 12.8. The van der Waals surface area contributed by atoms with Crippen LogP contribution in [0.25, 0.3) is 0 Å². The van der Waals surface area contributed by atoms with Crippen LogP contribution < -0.4 is 4.74 Å². The van der Waals surface area contributed by atoms with E-state index in [4.69, 9.17) is 4.74 Å². The molecule has 3 aliphatic rings. The van der Waals surface area contributed by atoms with Gasteiger partial charge in [0.05, 0.1) is 4.90 Å². The minimum atomic E-state index is -3.44. The molecule has 2 atom stereocenters. The molecule has 0 spiro atoms. The molecule has 7 heteroatoms. The number of carbonyl (C=O) groups is 1. The van der Waals surface area contributed by atoms with Crippen molar-refractivity contribution in [3.05, 3.63) is 24.3 Å². The number of fused-ring (bicyclic) bond motifs is 1. The second kappa shape index (κ2) is 9.04. The number of carbonyl (C=O) groups excluding carboxylic acids is 1. The number of piperidine rings is 2. The van der Waals surface area contributed by atoms with E-state index < -0.39 is 10.0 Å². The molecule has 3 fully saturated rings. The van der Waals surface area contributed by atoms with E-state index in [1.165, 1.54) is 25.7 Å². The van der Waals surface area contributed by atoms with E-state index in [1.807, 2.05) is 4.90 Å². The Labute approximate surface area is 174 Å². The first-order valence-electron chi connectivity index (χ1n) is 11.1. The number of likely N-dealkylation sites (tertiary alicyclic amines) is 1. The fourth-order valence-corrected chi connectivity index (χ4v) is 6.64. The Morgan fingerprint density at radius 1 is 0.897 bits per heavy atom. The number of hydrogen-bond acceptors (Lipinski definition) is 4. The van der Waals surface area contributed by atoms with Crippen LogP contribution in [0.4, 0.5) is 0 Å². The molecule has 1 aromatic carbocycles. The van der Waals surface area contributed by atoms with Gasteiger partial charge in [0.25, 0.3) is 5.91 Å². The van der Waals surface area contributed by atoms with Crippen LogP contribution in [0.1, 0.15) is 57.8 Å².